The van der Waals surface area contributed by atoms with Crippen LogP contribution in [0.1, 0.15) is 51.9 Å². The van der Waals surface area contributed by atoms with E-state index in [1.807, 2.05) is 0 Å². The second-order valence-electron chi connectivity index (χ2n) is 4.09. The number of hydrogen-bond donors (Lipinski definition) is 2. The molecule has 3 N–H and O–H groups in total. The molecule has 0 saturated carbocycles. The van der Waals surface area contributed by atoms with Crippen LogP contribution in [0.3, 0.4) is 0 Å². The molecule has 0 aromatic rings. The van der Waals surface area contributed by atoms with E-state index in [0.717, 1.165) is 13.0 Å². The van der Waals surface area contributed by atoms with Gasteiger partial charge in [0.2, 0.25) is 0 Å². The van der Waals surface area contributed by atoms with Gasteiger partial charge in [0, 0.05) is 13.2 Å². The first kappa shape index (κ1) is 14.9. The highest BCUT2D eigenvalue weighted by Gasteiger charge is 1.99. The van der Waals surface area contributed by atoms with Crippen molar-refractivity contribution in [3.63, 3.8) is 0 Å². The van der Waals surface area contributed by atoms with Gasteiger partial charge in [0.05, 0.1) is 12.7 Å². The van der Waals surface area contributed by atoms with Gasteiger partial charge in [0.1, 0.15) is 0 Å². The van der Waals surface area contributed by atoms with E-state index in [4.69, 9.17) is 15.6 Å². The summed E-state index contributed by atoms with van der Waals surface area (Å²) in [7, 11) is 0. The maximum absolute atomic E-state index is 9.11. The van der Waals surface area contributed by atoms with Crippen molar-refractivity contribution in [2.24, 2.45) is 5.73 Å². The molecule has 0 bridgehead atoms. The van der Waals surface area contributed by atoms with Crippen LogP contribution in [0.15, 0.2) is 0 Å². The molecule has 0 aliphatic carbocycles. The molecule has 1 atom stereocenters. The van der Waals surface area contributed by atoms with Gasteiger partial charge in [-0.05, 0) is 6.42 Å². The number of ether oxygens (including phenoxy) is 1. The van der Waals surface area contributed by atoms with Crippen LogP contribution in [0.2, 0.25) is 0 Å². The minimum atomic E-state index is -0.491. The molecule has 3 nitrogen and oxygen atoms in total. The zero-order valence-electron chi connectivity index (χ0n) is 10.1. The lowest BCUT2D eigenvalue weighted by Gasteiger charge is -2.08. The first-order valence-electron chi connectivity index (χ1n) is 6.27. The van der Waals surface area contributed by atoms with Gasteiger partial charge < -0.3 is 15.6 Å². The normalized spacial score (nSPS) is 13.0. The van der Waals surface area contributed by atoms with Crippen LogP contribution in [-0.4, -0.2) is 31.0 Å². The van der Waals surface area contributed by atoms with Gasteiger partial charge in [0.25, 0.3) is 0 Å². The molecule has 0 heterocycles. The predicted octanol–water partition coefficient (Wildman–Crippen LogP) is 2.07. The summed E-state index contributed by atoms with van der Waals surface area (Å²) >= 11 is 0. The van der Waals surface area contributed by atoms with Crippen LogP contribution < -0.4 is 5.73 Å². The number of unbranched alkanes of at least 4 members (excludes halogenated alkanes) is 6. The molecule has 0 fully saturated rings. The average Bonchev–Trinajstić information content (AvgIpc) is 2.26. The van der Waals surface area contributed by atoms with Crippen LogP contribution in [0.4, 0.5) is 0 Å². The Labute approximate surface area is 94.0 Å². The molecule has 0 rings (SSSR count). The van der Waals surface area contributed by atoms with Crippen LogP contribution in [-0.2, 0) is 4.74 Å². The largest absolute Gasteiger partial charge is 0.389 e. The molecule has 0 radical (unpaired) electrons. The lowest BCUT2D eigenvalue weighted by molar-refractivity contribution is 0.0396. The van der Waals surface area contributed by atoms with E-state index in [1.54, 1.807) is 0 Å². The monoisotopic (exact) mass is 217 g/mol. The minimum absolute atomic E-state index is 0.289. The molecule has 92 valence electrons. The second kappa shape index (κ2) is 12.0. The van der Waals surface area contributed by atoms with Crippen LogP contribution in [0, 0.1) is 0 Å². The van der Waals surface area contributed by atoms with E-state index < -0.39 is 6.10 Å². The molecule has 1 unspecified atom stereocenters. The Morgan fingerprint density at radius 3 is 2.27 bits per heavy atom. The maximum Gasteiger partial charge on any atom is 0.0895 e. The fourth-order valence-electron chi connectivity index (χ4n) is 1.45. The standard InChI is InChI=1S/C12H27NO2/c1-2-3-4-5-6-7-8-9-15-11-12(14)10-13/h12,14H,2-11,13H2,1H3. The summed E-state index contributed by atoms with van der Waals surface area (Å²) in [5, 5.41) is 9.11. The number of aliphatic hydroxyl groups is 1. The highest BCUT2D eigenvalue weighted by molar-refractivity contribution is 4.52. The third kappa shape index (κ3) is 11.8. The third-order valence-corrected chi connectivity index (χ3v) is 2.47. The van der Waals surface area contributed by atoms with E-state index >= 15 is 0 Å². The Morgan fingerprint density at radius 2 is 1.67 bits per heavy atom. The van der Waals surface area contributed by atoms with E-state index in [-0.39, 0.29) is 6.54 Å². The van der Waals surface area contributed by atoms with Crippen molar-refractivity contribution < 1.29 is 9.84 Å². The van der Waals surface area contributed by atoms with E-state index in [1.165, 1.54) is 38.5 Å². The highest BCUT2D eigenvalue weighted by atomic mass is 16.5. The summed E-state index contributed by atoms with van der Waals surface area (Å²) in [4.78, 5) is 0. The SMILES string of the molecule is CCCCCCCCCOCC(O)CN. The number of aliphatic hydroxyl groups excluding tert-OH is 1. The van der Waals surface area contributed by atoms with Crippen molar-refractivity contribution >= 4 is 0 Å². The van der Waals surface area contributed by atoms with Crippen LogP contribution in [0.5, 0.6) is 0 Å². The summed E-state index contributed by atoms with van der Waals surface area (Å²) in [5.74, 6) is 0. The summed E-state index contributed by atoms with van der Waals surface area (Å²) in [6.45, 7) is 3.66. The zero-order valence-corrected chi connectivity index (χ0v) is 10.1. The van der Waals surface area contributed by atoms with Crippen molar-refractivity contribution in [1.29, 1.82) is 0 Å². The Morgan fingerprint density at radius 1 is 1.07 bits per heavy atom. The van der Waals surface area contributed by atoms with E-state index in [2.05, 4.69) is 6.92 Å². The topological polar surface area (TPSA) is 55.5 Å². The molecule has 0 aliphatic rings. The molecule has 0 spiro atoms. The number of hydrogen-bond acceptors (Lipinski definition) is 3. The maximum atomic E-state index is 9.11. The minimum Gasteiger partial charge on any atom is -0.389 e. The third-order valence-electron chi connectivity index (χ3n) is 2.47. The van der Waals surface area contributed by atoms with Crippen LogP contribution in [0.25, 0.3) is 0 Å². The number of rotatable bonds is 11. The molecule has 0 aromatic carbocycles. The summed E-state index contributed by atoms with van der Waals surface area (Å²) < 4.78 is 5.28. The van der Waals surface area contributed by atoms with E-state index in [0.29, 0.717) is 6.61 Å². The molecule has 3 heteroatoms. The highest BCUT2D eigenvalue weighted by Crippen LogP contribution is 2.06. The van der Waals surface area contributed by atoms with Gasteiger partial charge in [-0.3, -0.25) is 0 Å². The predicted molar refractivity (Wildman–Crippen MR) is 63.9 cm³/mol. The lowest BCUT2D eigenvalue weighted by Crippen LogP contribution is -2.25. The molecular weight excluding hydrogens is 190 g/mol. The van der Waals surface area contributed by atoms with Gasteiger partial charge in [0.15, 0.2) is 0 Å². The Bertz CT molecular complexity index is 120. The average molecular weight is 217 g/mol. The smallest absolute Gasteiger partial charge is 0.0895 e. The van der Waals surface area contributed by atoms with Gasteiger partial charge in [-0.25, -0.2) is 0 Å². The van der Waals surface area contributed by atoms with Gasteiger partial charge in [-0.15, -0.1) is 0 Å². The number of nitrogens with two attached hydrogens (primary N) is 1. The zero-order chi connectivity index (χ0) is 11.4. The van der Waals surface area contributed by atoms with Crippen molar-refractivity contribution in [1.82, 2.24) is 0 Å². The summed E-state index contributed by atoms with van der Waals surface area (Å²) in [5.41, 5.74) is 5.25. The molecule has 0 saturated heterocycles. The molecule has 0 amide bonds. The molecule has 15 heavy (non-hydrogen) atoms. The van der Waals surface area contributed by atoms with Crippen molar-refractivity contribution in [3.05, 3.63) is 0 Å². The van der Waals surface area contributed by atoms with E-state index in [9.17, 15) is 0 Å². The molecule has 0 aliphatic heterocycles. The first-order chi connectivity index (χ1) is 7.31. The lowest BCUT2D eigenvalue weighted by atomic mass is 10.1. The molecule has 0 aromatic heterocycles. The fourth-order valence-corrected chi connectivity index (χ4v) is 1.45. The second-order valence-corrected chi connectivity index (χ2v) is 4.09. The van der Waals surface area contributed by atoms with Crippen molar-refractivity contribution in [2.45, 2.75) is 58.0 Å². The van der Waals surface area contributed by atoms with Crippen molar-refractivity contribution in [3.8, 4) is 0 Å². The Balaban J connectivity index is 2.92. The van der Waals surface area contributed by atoms with Gasteiger partial charge >= 0.3 is 0 Å². The Hall–Kier alpha value is -0.120. The summed E-state index contributed by atoms with van der Waals surface area (Å²) in [6, 6.07) is 0. The summed E-state index contributed by atoms with van der Waals surface area (Å²) in [6.07, 6.45) is 8.53. The van der Waals surface area contributed by atoms with Crippen LogP contribution >= 0.6 is 0 Å². The fraction of sp³-hybridized carbons (Fsp3) is 1.00. The first-order valence-corrected chi connectivity index (χ1v) is 6.27. The van der Waals surface area contributed by atoms with Gasteiger partial charge in [-0.2, -0.15) is 0 Å². The Kier molecular flexibility index (Phi) is 11.9. The van der Waals surface area contributed by atoms with Crippen molar-refractivity contribution in [2.75, 3.05) is 19.8 Å². The quantitative estimate of drug-likeness (QED) is 0.521. The van der Waals surface area contributed by atoms with Gasteiger partial charge in [-0.1, -0.05) is 45.4 Å². The molecular formula is C12H27NO2.